The molecule has 2 aromatic heterocycles. The first-order chi connectivity index (χ1) is 16.1. The molecule has 8 heteroatoms. The minimum Gasteiger partial charge on any atom is -0.312 e. The fraction of sp³-hybridized carbons (Fsp3) is 0.360. The van der Waals surface area contributed by atoms with Crippen molar-refractivity contribution < 1.29 is 4.79 Å². The van der Waals surface area contributed by atoms with Gasteiger partial charge >= 0.3 is 0 Å². The Hall–Kier alpha value is -3.13. The van der Waals surface area contributed by atoms with Crippen LogP contribution in [0.2, 0.25) is 0 Å². The Balaban J connectivity index is 1.72. The van der Waals surface area contributed by atoms with Crippen LogP contribution in [0.4, 0.5) is 5.69 Å². The van der Waals surface area contributed by atoms with Gasteiger partial charge in [0.2, 0.25) is 11.7 Å². The third-order valence-corrected chi connectivity index (χ3v) is 6.77. The largest absolute Gasteiger partial charge is 0.312 e. The second-order valence-electron chi connectivity index (χ2n) is 7.98. The van der Waals surface area contributed by atoms with E-state index in [1.165, 1.54) is 11.8 Å². The van der Waals surface area contributed by atoms with Gasteiger partial charge in [-0.1, -0.05) is 61.9 Å². The van der Waals surface area contributed by atoms with Crippen LogP contribution in [0.25, 0.3) is 16.7 Å². The number of unbranched alkanes of at least 4 members (excludes halogenated alkanes) is 2. The van der Waals surface area contributed by atoms with Crippen molar-refractivity contribution in [1.29, 1.82) is 0 Å². The fourth-order valence-corrected chi connectivity index (χ4v) is 4.95. The first-order valence-corrected chi connectivity index (χ1v) is 12.3. The van der Waals surface area contributed by atoms with Gasteiger partial charge in [0, 0.05) is 18.8 Å². The van der Waals surface area contributed by atoms with Gasteiger partial charge in [-0.25, -0.2) is 0 Å². The maximum atomic E-state index is 13.3. The lowest BCUT2D eigenvalue weighted by Gasteiger charge is -2.24. The van der Waals surface area contributed by atoms with E-state index in [9.17, 15) is 9.59 Å². The van der Waals surface area contributed by atoms with Gasteiger partial charge in [-0.2, -0.15) is 0 Å². The lowest BCUT2D eigenvalue weighted by molar-refractivity contribution is -0.117. The Labute approximate surface area is 197 Å². The van der Waals surface area contributed by atoms with E-state index in [0.717, 1.165) is 30.5 Å². The number of rotatable bonds is 9. The Morgan fingerprint density at radius 2 is 1.76 bits per heavy atom. The average Bonchev–Trinajstić information content (AvgIpc) is 3.25. The zero-order valence-corrected chi connectivity index (χ0v) is 20.1. The molecule has 172 valence electrons. The molecule has 0 saturated heterocycles. The molecular weight excluding hydrogens is 434 g/mol. The summed E-state index contributed by atoms with van der Waals surface area (Å²) in [6.45, 7) is 7.17. The minimum absolute atomic E-state index is 0.00558. The van der Waals surface area contributed by atoms with Crippen LogP contribution in [0.15, 0.2) is 64.5 Å². The Morgan fingerprint density at radius 1 is 1.03 bits per heavy atom. The number of aromatic nitrogens is 4. The molecule has 0 N–H and O–H groups in total. The van der Waals surface area contributed by atoms with Crippen LogP contribution in [0.3, 0.4) is 0 Å². The molecule has 0 aliphatic heterocycles. The molecule has 0 aliphatic carbocycles. The zero-order valence-electron chi connectivity index (χ0n) is 19.3. The highest BCUT2D eigenvalue weighted by Gasteiger charge is 2.25. The molecule has 2 heterocycles. The quantitative estimate of drug-likeness (QED) is 0.264. The molecule has 0 radical (unpaired) electrons. The van der Waals surface area contributed by atoms with E-state index >= 15 is 0 Å². The van der Waals surface area contributed by atoms with Crippen LogP contribution in [-0.4, -0.2) is 36.9 Å². The number of hydrogen-bond donors (Lipinski definition) is 0. The summed E-state index contributed by atoms with van der Waals surface area (Å²) < 4.78 is 3.62. The topological polar surface area (TPSA) is 72.5 Å². The van der Waals surface area contributed by atoms with Crippen molar-refractivity contribution in [3.63, 3.8) is 0 Å². The maximum Gasteiger partial charge on any atom is 0.262 e. The summed E-state index contributed by atoms with van der Waals surface area (Å²) >= 11 is 1.37. The number of amides is 1. The van der Waals surface area contributed by atoms with Crippen LogP contribution >= 0.6 is 11.8 Å². The Kier molecular flexibility index (Phi) is 7.13. The van der Waals surface area contributed by atoms with E-state index in [1.807, 2.05) is 72.8 Å². The molecule has 1 unspecified atom stereocenters. The lowest BCUT2D eigenvalue weighted by Crippen LogP contribution is -2.36. The van der Waals surface area contributed by atoms with Crippen molar-refractivity contribution in [2.45, 2.75) is 57.0 Å². The number of aryl methyl sites for hydroxylation is 1. The molecule has 0 saturated carbocycles. The van der Waals surface area contributed by atoms with Gasteiger partial charge in [-0.3, -0.25) is 18.6 Å². The number of anilines is 1. The highest BCUT2D eigenvalue weighted by atomic mass is 32.2. The molecule has 4 rings (SSSR count). The molecule has 0 bridgehead atoms. The number of benzene rings is 2. The molecule has 33 heavy (non-hydrogen) atoms. The monoisotopic (exact) mass is 463 g/mol. The summed E-state index contributed by atoms with van der Waals surface area (Å²) in [6, 6.07) is 17.2. The van der Waals surface area contributed by atoms with E-state index in [-0.39, 0.29) is 16.7 Å². The zero-order chi connectivity index (χ0) is 23.4. The van der Waals surface area contributed by atoms with Crippen molar-refractivity contribution in [2.24, 2.45) is 0 Å². The first-order valence-electron chi connectivity index (χ1n) is 11.5. The van der Waals surface area contributed by atoms with Crippen molar-refractivity contribution >= 4 is 40.0 Å². The summed E-state index contributed by atoms with van der Waals surface area (Å²) in [5.41, 5.74) is 1.58. The smallest absolute Gasteiger partial charge is 0.262 e. The predicted octanol–water partition coefficient (Wildman–Crippen LogP) is 4.77. The predicted molar refractivity (Wildman–Crippen MR) is 134 cm³/mol. The molecule has 2 aromatic carbocycles. The van der Waals surface area contributed by atoms with Crippen molar-refractivity contribution in [2.75, 3.05) is 11.4 Å². The SMILES string of the molecule is CCCCCn1c(=O)c2ccccc2n2c(SC(C)C(=O)N(CC)c3ccccc3)nnc12. The van der Waals surface area contributed by atoms with E-state index in [4.69, 9.17) is 0 Å². The van der Waals surface area contributed by atoms with E-state index in [1.54, 1.807) is 9.47 Å². The highest BCUT2D eigenvalue weighted by Crippen LogP contribution is 2.27. The number of nitrogens with zero attached hydrogens (tertiary/aromatic N) is 5. The molecule has 0 fully saturated rings. The second-order valence-corrected chi connectivity index (χ2v) is 9.29. The van der Waals surface area contributed by atoms with E-state index in [2.05, 4.69) is 17.1 Å². The normalized spacial score (nSPS) is 12.3. The van der Waals surface area contributed by atoms with Crippen molar-refractivity contribution in [1.82, 2.24) is 19.2 Å². The molecule has 4 aromatic rings. The summed E-state index contributed by atoms with van der Waals surface area (Å²) in [6.07, 6.45) is 3.01. The van der Waals surface area contributed by atoms with Gasteiger partial charge in [-0.05, 0) is 44.5 Å². The third kappa shape index (κ3) is 4.53. The number of thioether (sulfide) groups is 1. The number of hydrogen-bond acceptors (Lipinski definition) is 5. The second kappa shape index (κ2) is 10.2. The average molecular weight is 464 g/mol. The Bertz CT molecular complexity index is 1320. The van der Waals surface area contributed by atoms with E-state index < -0.39 is 0 Å². The van der Waals surface area contributed by atoms with Crippen LogP contribution in [0, 0.1) is 0 Å². The first kappa shape index (κ1) is 23.0. The maximum absolute atomic E-state index is 13.3. The standard InChI is InChI=1S/C25H29N5O2S/c1-4-6-12-17-29-23(32)20-15-10-11-16-21(20)30-24(29)26-27-25(30)33-18(3)22(31)28(5-2)19-13-8-7-9-14-19/h7-11,13-16,18H,4-6,12,17H2,1-3H3. The summed E-state index contributed by atoms with van der Waals surface area (Å²) in [7, 11) is 0. The van der Waals surface area contributed by atoms with Crippen LogP contribution < -0.4 is 10.5 Å². The van der Waals surface area contributed by atoms with Crippen LogP contribution in [-0.2, 0) is 11.3 Å². The number of carbonyl (C=O) groups is 1. The van der Waals surface area contributed by atoms with Crippen LogP contribution in [0.5, 0.6) is 0 Å². The van der Waals surface area contributed by atoms with Gasteiger partial charge in [-0.15, -0.1) is 10.2 Å². The van der Waals surface area contributed by atoms with Gasteiger partial charge in [0.25, 0.3) is 5.56 Å². The van der Waals surface area contributed by atoms with Gasteiger partial charge in [0.05, 0.1) is 16.2 Å². The molecule has 0 aliphatic rings. The summed E-state index contributed by atoms with van der Waals surface area (Å²) in [5, 5.41) is 9.63. The number of para-hydroxylation sites is 2. The Morgan fingerprint density at radius 3 is 2.48 bits per heavy atom. The lowest BCUT2D eigenvalue weighted by atomic mass is 10.2. The molecule has 0 spiro atoms. The van der Waals surface area contributed by atoms with Crippen molar-refractivity contribution in [3.8, 4) is 0 Å². The summed E-state index contributed by atoms with van der Waals surface area (Å²) in [5.74, 6) is 0.526. The number of carbonyl (C=O) groups excluding carboxylic acids is 1. The third-order valence-electron chi connectivity index (χ3n) is 5.74. The highest BCUT2D eigenvalue weighted by molar-refractivity contribution is 8.00. The molecule has 1 amide bonds. The van der Waals surface area contributed by atoms with Gasteiger partial charge in [0.15, 0.2) is 5.16 Å². The van der Waals surface area contributed by atoms with E-state index in [0.29, 0.717) is 29.4 Å². The van der Waals surface area contributed by atoms with Crippen LogP contribution in [0.1, 0.15) is 40.0 Å². The molecule has 1 atom stereocenters. The molecular formula is C25H29N5O2S. The minimum atomic E-state index is -0.378. The van der Waals surface area contributed by atoms with Crippen molar-refractivity contribution in [3.05, 3.63) is 65.0 Å². The molecule has 7 nitrogen and oxygen atoms in total. The number of fused-ring (bicyclic) bond motifs is 3. The summed E-state index contributed by atoms with van der Waals surface area (Å²) in [4.78, 5) is 28.2. The van der Waals surface area contributed by atoms with Gasteiger partial charge < -0.3 is 4.90 Å². The van der Waals surface area contributed by atoms with Gasteiger partial charge in [0.1, 0.15) is 0 Å². The fourth-order valence-electron chi connectivity index (χ4n) is 4.03.